The van der Waals surface area contributed by atoms with Crippen molar-refractivity contribution in [3.8, 4) is 5.75 Å². The molecular formula is C9H13FN2O. The van der Waals surface area contributed by atoms with Gasteiger partial charge in [-0.05, 0) is 18.6 Å². The van der Waals surface area contributed by atoms with Gasteiger partial charge in [0.15, 0.2) is 11.6 Å². The topological polar surface area (TPSA) is 72.3 Å². The van der Waals surface area contributed by atoms with Crippen LogP contribution in [0.25, 0.3) is 0 Å². The summed E-state index contributed by atoms with van der Waals surface area (Å²) in [7, 11) is 0. The molecule has 0 aliphatic carbocycles. The highest BCUT2D eigenvalue weighted by Crippen LogP contribution is 2.26. The Labute approximate surface area is 76.2 Å². The zero-order chi connectivity index (χ0) is 10.0. The molecule has 0 spiro atoms. The van der Waals surface area contributed by atoms with Crippen LogP contribution in [0.1, 0.15) is 17.2 Å². The van der Waals surface area contributed by atoms with Gasteiger partial charge in [0, 0.05) is 18.2 Å². The third-order valence-electron chi connectivity index (χ3n) is 1.89. The predicted molar refractivity (Wildman–Crippen MR) is 48.8 cm³/mol. The molecule has 0 heterocycles. The van der Waals surface area contributed by atoms with E-state index in [2.05, 4.69) is 0 Å². The second-order valence-electron chi connectivity index (χ2n) is 3.03. The zero-order valence-electron chi connectivity index (χ0n) is 7.42. The summed E-state index contributed by atoms with van der Waals surface area (Å²) in [5.41, 5.74) is 12.0. The average molecular weight is 184 g/mol. The number of hydrogen-bond donors (Lipinski definition) is 3. The first-order valence-electron chi connectivity index (χ1n) is 4.01. The lowest BCUT2D eigenvalue weighted by Crippen LogP contribution is -2.21. The fourth-order valence-corrected chi connectivity index (χ4v) is 1.17. The van der Waals surface area contributed by atoms with Gasteiger partial charge >= 0.3 is 0 Å². The Kier molecular flexibility index (Phi) is 2.85. The van der Waals surface area contributed by atoms with Crippen molar-refractivity contribution in [3.05, 3.63) is 29.1 Å². The highest BCUT2D eigenvalue weighted by molar-refractivity contribution is 5.39. The van der Waals surface area contributed by atoms with E-state index in [0.717, 1.165) is 0 Å². The first-order chi connectivity index (χ1) is 6.06. The molecule has 3 nitrogen and oxygen atoms in total. The van der Waals surface area contributed by atoms with Gasteiger partial charge in [-0.1, -0.05) is 6.07 Å². The van der Waals surface area contributed by atoms with Crippen molar-refractivity contribution < 1.29 is 9.50 Å². The van der Waals surface area contributed by atoms with E-state index in [9.17, 15) is 9.50 Å². The molecule has 0 aliphatic rings. The van der Waals surface area contributed by atoms with E-state index in [1.165, 1.54) is 6.07 Å². The SMILES string of the molecule is Cc1cc(F)c(O)c([C@@H](N)CN)c1. The molecule has 1 aromatic carbocycles. The fourth-order valence-electron chi connectivity index (χ4n) is 1.17. The Balaban J connectivity index is 3.20. The number of aromatic hydroxyl groups is 1. The minimum absolute atomic E-state index is 0.177. The maximum Gasteiger partial charge on any atom is 0.165 e. The van der Waals surface area contributed by atoms with Crippen molar-refractivity contribution >= 4 is 0 Å². The Morgan fingerprint density at radius 2 is 2.15 bits per heavy atom. The molecule has 0 aliphatic heterocycles. The summed E-state index contributed by atoms with van der Waals surface area (Å²) in [5, 5.41) is 9.31. The monoisotopic (exact) mass is 184 g/mol. The number of hydrogen-bond acceptors (Lipinski definition) is 3. The van der Waals surface area contributed by atoms with Gasteiger partial charge in [-0.25, -0.2) is 4.39 Å². The molecule has 0 amide bonds. The van der Waals surface area contributed by atoms with E-state index in [1.807, 2.05) is 0 Å². The minimum Gasteiger partial charge on any atom is -0.505 e. The van der Waals surface area contributed by atoms with Crippen molar-refractivity contribution in [1.29, 1.82) is 0 Å². The Hall–Kier alpha value is -1.13. The van der Waals surface area contributed by atoms with Crippen LogP contribution >= 0.6 is 0 Å². The summed E-state index contributed by atoms with van der Waals surface area (Å²) in [5.74, 6) is -1.05. The van der Waals surface area contributed by atoms with Gasteiger partial charge in [0.05, 0.1) is 0 Å². The number of phenols is 1. The molecule has 0 saturated heterocycles. The number of rotatable bonds is 2. The van der Waals surface area contributed by atoms with Gasteiger partial charge in [0.1, 0.15) is 0 Å². The van der Waals surface area contributed by atoms with Crippen LogP contribution in [0.5, 0.6) is 5.75 Å². The zero-order valence-corrected chi connectivity index (χ0v) is 7.42. The van der Waals surface area contributed by atoms with Crippen molar-refractivity contribution in [1.82, 2.24) is 0 Å². The van der Waals surface area contributed by atoms with Gasteiger partial charge in [0.2, 0.25) is 0 Å². The standard InChI is InChI=1S/C9H13FN2O/c1-5-2-6(8(12)4-11)9(13)7(10)3-5/h2-3,8,13H,4,11-12H2,1H3/t8-/m0/s1. The van der Waals surface area contributed by atoms with E-state index in [0.29, 0.717) is 11.1 Å². The largest absolute Gasteiger partial charge is 0.505 e. The molecular weight excluding hydrogens is 171 g/mol. The highest BCUT2D eigenvalue weighted by Gasteiger charge is 2.13. The second-order valence-corrected chi connectivity index (χ2v) is 3.03. The second kappa shape index (κ2) is 3.72. The normalized spacial score (nSPS) is 12.9. The summed E-state index contributed by atoms with van der Waals surface area (Å²) >= 11 is 0. The van der Waals surface area contributed by atoms with Crippen LogP contribution in [-0.2, 0) is 0 Å². The lowest BCUT2D eigenvalue weighted by atomic mass is 10.0. The molecule has 0 unspecified atom stereocenters. The molecule has 0 fully saturated rings. The molecule has 13 heavy (non-hydrogen) atoms. The number of benzene rings is 1. The van der Waals surface area contributed by atoms with E-state index >= 15 is 0 Å². The number of aryl methyl sites for hydroxylation is 1. The first-order valence-corrected chi connectivity index (χ1v) is 4.01. The molecule has 4 heteroatoms. The molecule has 0 radical (unpaired) electrons. The maximum atomic E-state index is 13.0. The lowest BCUT2D eigenvalue weighted by molar-refractivity contribution is 0.420. The van der Waals surface area contributed by atoms with E-state index in [4.69, 9.17) is 11.5 Å². The number of halogens is 1. The van der Waals surface area contributed by atoms with E-state index in [1.54, 1.807) is 13.0 Å². The quantitative estimate of drug-likeness (QED) is 0.636. The third kappa shape index (κ3) is 1.96. The van der Waals surface area contributed by atoms with Crippen molar-refractivity contribution in [3.63, 3.8) is 0 Å². The Morgan fingerprint density at radius 1 is 1.54 bits per heavy atom. The van der Waals surface area contributed by atoms with Crippen LogP contribution in [0, 0.1) is 12.7 Å². The molecule has 0 saturated carbocycles. The van der Waals surface area contributed by atoms with Gasteiger partial charge in [-0.2, -0.15) is 0 Å². The van der Waals surface area contributed by atoms with Crippen molar-refractivity contribution in [2.45, 2.75) is 13.0 Å². The molecule has 0 bridgehead atoms. The Bertz CT molecular complexity index is 315. The maximum absolute atomic E-state index is 13.0. The van der Waals surface area contributed by atoms with Crippen molar-refractivity contribution in [2.75, 3.05) is 6.54 Å². The van der Waals surface area contributed by atoms with Gasteiger partial charge in [-0.3, -0.25) is 0 Å². The summed E-state index contributed by atoms with van der Waals surface area (Å²) in [4.78, 5) is 0. The number of nitrogens with two attached hydrogens (primary N) is 2. The fraction of sp³-hybridized carbons (Fsp3) is 0.333. The van der Waals surface area contributed by atoms with Crippen LogP contribution in [0.3, 0.4) is 0 Å². The van der Waals surface area contributed by atoms with Gasteiger partial charge in [-0.15, -0.1) is 0 Å². The van der Waals surface area contributed by atoms with Crippen LogP contribution in [0.4, 0.5) is 4.39 Å². The molecule has 1 aromatic rings. The minimum atomic E-state index is -0.654. The molecule has 72 valence electrons. The molecule has 5 N–H and O–H groups in total. The van der Waals surface area contributed by atoms with Crippen molar-refractivity contribution in [2.24, 2.45) is 11.5 Å². The van der Waals surface area contributed by atoms with E-state index in [-0.39, 0.29) is 6.54 Å². The van der Waals surface area contributed by atoms with Gasteiger partial charge in [0.25, 0.3) is 0 Å². The third-order valence-corrected chi connectivity index (χ3v) is 1.89. The van der Waals surface area contributed by atoms with E-state index < -0.39 is 17.6 Å². The Morgan fingerprint density at radius 3 is 2.69 bits per heavy atom. The molecule has 0 aromatic heterocycles. The lowest BCUT2D eigenvalue weighted by Gasteiger charge is -2.12. The molecule has 1 rings (SSSR count). The van der Waals surface area contributed by atoms with Crippen LogP contribution in [0.15, 0.2) is 12.1 Å². The van der Waals surface area contributed by atoms with Crippen LogP contribution in [0.2, 0.25) is 0 Å². The summed E-state index contributed by atoms with van der Waals surface area (Å²) in [6.07, 6.45) is 0. The summed E-state index contributed by atoms with van der Waals surface area (Å²) < 4.78 is 13.0. The average Bonchev–Trinajstić information content (AvgIpc) is 2.10. The summed E-state index contributed by atoms with van der Waals surface area (Å²) in [6.45, 7) is 1.91. The smallest absolute Gasteiger partial charge is 0.165 e. The number of phenolic OH excluding ortho intramolecular Hbond substituents is 1. The highest BCUT2D eigenvalue weighted by atomic mass is 19.1. The first kappa shape index (κ1) is 9.95. The van der Waals surface area contributed by atoms with Crippen LogP contribution < -0.4 is 11.5 Å². The molecule has 1 atom stereocenters. The van der Waals surface area contributed by atoms with Crippen LogP contribution in [-0.4, -0.2) is 11.7 Å². The van der Waals surface area contributed by atoms with Gasteiger partial charge < -0.3 is 16.6 Å². The summed E-state index contributed by atoms with van der Waals surface area (Å²) in [6, 6.07) is 2.37. The predicted octanol–water partition coefficient (Wildman–Crippen LogP) is 0.798.